The molecule has 0 bridgehead atoms. The van der Waals surface area contributed by atoms with E-state index < -0.39 is 5.97 Å². The molecule has 0 saturated heterocycles. The Hall–Kier alpha value is -2.43. The first-order valence-corrected chi connectivity index (χ1v) is 7.29. The van der Waals surface area contributed by atoms with Gasteiger partial charge in [0.15, 0.2) is 11.5 Å². The molecule has 5 nitrogen and oxygen atoms in total. The Morgan fingerprint density at radius 2 is 1.83 bits per heavy atom. The molecule has 0 saturated carbocycles. The van der Waals surface area contributed by atoms with Gasteiger partial charge in [0.25, 0.3) is 0 Å². The fourth-order valence-electron chi connectivity index (χ4n) is 3.12. The van der Waals surface area contributed by atoms with Gasteiger partial charge >= 0.3 is 5.97 Å². The van der Waals surface area contributed by atoms with Crippen LogP contribution in [0.4, 0.5) is 0 Å². The van der Waals surface area contributed by atoms with Crippen molar-refractivity contribution in [1.82, 2.24) is 0 Å². The standard InChI is InChI=1S/C18H22O5/c1-18(2)10-11(6-7-14(19)20)8-12-9-13(21-3)16(22-4)17(23-5)15(12)18/h6-9H,10H2,1-5H3,(H,19,20)/b7-6+. The molecule has 2 rings (SSSR count). The maximum Gasteiger partial charge on any atom is 0.328 e. The number of ether oxygens (including phenoxy) is 3. The highest BCUT2D eigenvalue weighted by Crippen LogP contribution is 2.51. The predicted molar refractivity (Wildman–Crippen MR) is 88.5 cm³/mol. The molecule has 0 aromatic heterocycles. The highest BCUT2D eigenvalue weighted by Gasteiger charge is 2.34. The molecular formula is C18H22O5. The summed E-state index contributed by atoms with van der Waals surface area (Å²) in [5.74, 6) is 0.849. The van der Waals surface area contributed by atoms with Crippen molar-refractivity contribution >= 4 is 12.0 Å². The minimum absolute atomic E-state index is 0.229. The van der Waals surface area contributed by atoms with E-state index in [0.29, 0.717) is 23.7 Å². The topological polar surface area (TPSA) is 65.0 Å². The van der Waals surface area contributed by atoms with Crippen LogP contribution in [0.2, 0.25) is 0 Å². The van der Waals surface area contributed by atoms with Crippen LogP contribution in [0.3, 0.4) is 0 Å². The molecule has 0 spiro atoms. The van der Waals surface area contributed by atoms with Crippen molar-refractivity contribution in [2.75, 3.05) is 21.3 Å². The lowest BCUT2D eigenvalue weighted by Crippen LogP contribution is -2.23. The third-order valence-corrected chi connectivity index (χ3v) is 3.96. The van der Waals surface area contributed by atoms with E-state index in [1.54, 1.807) is 27.4 Å². The van der Waals surface area contributed by atoms with Crippen LogP contribution in [0.15, 0.2) is 23.8 Å². The van der Waals surface area contributed by atoms with Crippen molar-refractivity contribution in [2.45, 2.75) is 25.7 Å². The van der Waals surface area contributed by atoms with Crippen molar-refractivity contribution in [3.8, 4) is 17.2 Å². The molecule has 0 aliphatic heterocycles. The Bertz CT molecular complexity index is 683. The van der Waals surface area contributed by atoms with Crippen LogP contribution in [-0.2, 0) is 10.2 Å². The first-order valence-electron chi connectivity index (χ1n) is 7.29. The number of carboxylic acids is 1. The van der Waals surface area contributed by atoms with Gasteiger partial charge in [0, 0.05) is 11.6 Å². The van der Waals surface area contributed by atoms with E-state index in [4.69, 9.17) is 19.3 Å². The number of aliphatic carboxylic acids is 1. The average Bonchev–Trinajstić information content (AvgIpc) is 2.50. The molecule has 1 aromatic carbocycles. The van der Waals surface area contributed by atoms with Crippen molar-refractivity contribution < 1.29 is 24.1 Å². The van der Waals surface area contributed by atoms with Gasteiger partial charge in [0.2, 0.25) is 5.75 Å². The van der Waals surface area contributed by atoms with Gasteiger partial charge in [-0.1, -0.05) is 26.0 Å². The number of hydrogen-bond donors (Lipinski definition) is 1. The van der Waals surface area contributed by atoms with Crippen LogP contribution in [0.1, 0.15) is 31.4 Å². The summed E-state index contributed by atoms with van der Waals surface area (Å²) in [6.45, 7) is 4.20. The third-order valence-electron chi connectivity index (χ3n) is 3.96. The Morgan fingerprint density at radius 3 is 2.35 bits per heavy atom. The lowest BCUT2D eigenvalue weighted by molar-refractivity contribution is -0.131. The summed E-state index contributed by atoms with van der Waals surface area (Å²) in [5.41, 5.74) is 2.69. The molecule has 0 amide bonds. The summed E-state index contributed by atoms with van der Waals surface area (Å²) in [4.78, 5) is 10.8. The maximum absolute atomic E-state index is 10.8. The average molecular weight is 318 g/mol. The minimum Gasteiger partial charge on any atom is -0.493 e. The van der Waals surface area contributed by atoms with Gasteiger partial charge in [-0.15, -0.1) is 0 Å². The Morgan fingerprint density at radius 1 is 1.17 bits per heavy atom. The van der Waals surface area contributed by atoms with Crippen LogP contribution in [0, 0.1) is 0 Å². The van der Waals surface area contributed by atoms with Gasteiger partial charge in [-0.2, -0.15) is 0 Å². The van der Waals surface area contributed by atoms with E-state index in [2.05, 4.69) is 13.8 Å². The number of fused-ring (bicyclic) bond motifs is 1. The highest BCUT2D eigenvalue weighted by molar-refractivity contribution is 5.81. The number of benzene rings is 1. The quantitative estimate of drug-likeness (QED) is 0.843. The molecule has 23 heavy (non-hydrogen) atoms. The lowest BCUT2D eigenvalue weighted by Gasteiger charge is -2.34. The zero-order chi connectivity index (χ0) is 17.2. The second kappa shape index (κ2) is 6.36. The summed E-state index contributed by atoms with van der Waals surface area (Å²) in [5, 5.41) is 8.83. The summed E-state index contributed by atoms with van der Waals surface area (Å²) in [6.07, 6.45) is 5.46. The molecule has 0 heterocycles. The SMILES string of the molecule is COc1cc2c(c(OC)c1OC)C(C)(C)CC(/C=C/C(=O)O)=C2. The summed E-state index contributed by atoms with van der Waals surface area (Å²) >= 11 is 0. The normalized spacial score (nSPS) is 15.8. The number of allylic oxidation sites excluding steroid dienone is 2. The van der Waals surface area contributed by atoms with E-state index in [1.165, 1.54) is 0 Å². The number of carbonyl (C=O) groups is 1. The maximum atomic E-state index is 10.8. The van der Waals surface area contributed by atoms with Crippen LogP contribution in [0.25, 0.3) is 6.08 Å². The Balaban J connectivity index is 2.70. The Labute approximate surface area is 136 Å². The molecule has 1 aliphatic rings. The number of methoxy groups -OCH3 is 3. The molecule has 1 aromatic rings. The molecule has 5 heteroatoms. The van der Waals surface area contributed by atoms with Crippen molar-refractivity contribution in [2.24, 2.45) is 0 Å². The van der Waals surface area contributed by atoms with Gasteiger partial charge < -0.3 is 19.3 Å². The van der Waals surface area contributed by atoms with E-state index in [0.717, 1.165) is 22.8 Å². The van der Waals surface area contributed by atoms with Gasteiger partial charge in [-0.05, 0) is 29.0 Å². The van der Waals surface area contributed by atoms with E-state index in [1.807, 2.05) is 12.1 Å². The third kappa shape index (κ3) is 3.18. The summed E-state index contributed by atoms with van der Waals surface area (Å²) in [7, 11) is 4.77. The van der Waals surface area contributed by atoms with E-state index >= 15 is 0 Å². The smallest absolute Gasteiger partial charge is 0.328 e. The zero-order valence-corrected chi connectivity index (χ0v) is 14.1. The molecule has 1 N–H and O–H groups in total. The molecule has 124 valence electrons. The van der Waals surface area contributed by atoms with E-state index in [9.17, 15) is 4.79 Å². The second-order valence-electron chi connectivity index (χ2n) is 6.06. The van der Waals surface area contributed by atoms with Crippen LogP contribution >= 0.6 is 0 Å². The second-order valence-corrected chi connectivity index (χ2v) is 6.06. The first kappa shape index (κ1) is 16.9. The number of rotatable bonds is 5. The number of carboxylic acid groups (broad SMARTS) is 1. The monoisotopic (exact) mass is 318 g/mol. The number of hydrogen-bond acceptors (Lipinski definition) is 4. The first-order chi connectivity index (χ1) is 10.8. The molecule has 0 unspecified atom stereocenters. The zero-order valence-electron chi connectivity index (χ0n) is 14.1. The van der Waals surface area contributed by atoms with Crippen molar-refractivity contribution in [3.63, 3.8) is 0 Å². The summed E-state index contributed by atoms with van der Waals surface area (Å²) in [6, 6.07) is 1.90. The molecule has 0 radical (unpaired) electrons. The molecular weight excluding hydrogens is 296 g/mol. The van der Waals surface area contributed by atoms with Crippen molar-refractivity contribution in [1.29, 1.82) is 0 Å². The summed E-state index contributed by atoms with van der Waals surface area (Å²) < 4.78 is 16.5. The Kier molecular flexibility index (Phi) is 4.68. The molecule has 0 atom stereocenters. The largest absolute Gasteiger partial charge is 0.493 e. The molecule has 1 aliphatic carbocycles. The van der Waals surface area contributed by atoms with E-state index in [-0.39, 0.29) is 5.41 Å². The fourth-order valence-corrected chi connectivity index (χ4v) is 3.12. The highest BCUT2D eigenvalue weighted by atomic mass is 16.5. The van der Waals surface area contributed by atoms with Gasteiger partial charge in [0.1, 0.15) is 0 Å². The lowest BCUT2D eigenvalue weighted by atomic mass is 9.72. The van der Waals surface area contributed by atoms with Gasteiger partial charge in [-0.3, -0.25) is 0 Å². The predicted octanol–water partition coefficient (Wildman–Crippen LogP) is 3.42. The molecule has 0 fully saturated rings. The van der Waals surface area contributed by atoms with Crippen LogP contribution in [0.5, 0.6) is 17.2 Å². The van der Waals surface area contributed by atoms with Crippen LogP contribution in [-0.4, -0.2) is 32.4 Å². The van der Waals surface area contributed by atoms with Crippen molar-refractivity contribution in [3.05, 3.63) is 34.9 Å². The fraction of sp³-hybridized carbons (Fsp3) is 0.389. The van der Waals surface area contributed by atoms with Crippen LogP contribution < -0.4 is 14.2 Å². The minimum atomic E-state index is -0.959. The van der Waals surface area contributed by atoms with Gasteiger partial charge in [-0.25, -0.2) is 4.79 Å². The van der Waals surface area contributed by atoms with Gasteiger partial charge in [0.05, 0.1) is 21.3 Å².